The number of ether oxygens (including phenoxy) is 1. The van der Waals surface area contributed by atoms with Gasteiger partial charge in [-0.2, -0.15) is 13.2 Å². The summed E-state index contributed by atoms with van der Waals surface area (Å²) in [5, 5.41) is -0.747. The van der Waals surface area contributed by atoms with Gasteiger partial charge >= 0.3 is 12.1 Å². The van der Waals surface area contributed by atoms with Crippen LogP contribution in [0, 0.1) is 5.82 Å². The Bertz CT molecular complexity index is 634. The molecule has 0 heterocycles. The molecular weight excluding hydrogens is 386 g/mol. The van der Waals surface area contributed by atoms with Crippen molar-refractivity contribution < 1.29 is 31.6 Å². The first-order valence-electron chi connectivity index (χ1n) is 7.08. The number of methoxy groups -OCH3 is 1. The monoisotopic (exact) mass is 403 g/mol. The highest BCUT2D eigenvalue weighted by Gasteiger charge is 2.37. The molecule has 1 aromatic carbocycles. The van der Waals surface area contributed by atoms with Crippen molar-refractivity contribution >= 4 is 28.9 Å². The minimum absolute atomic E-state index is 0.123. The Kier molecular flexibility index (Phi) is 7.14. The minimum Gasteiger partial charge on any atom is -0.598 e. The summed E-state index contributed by atoms with van der Waals surface area (Å²) in [5.41, 5.74) is -1.69. The maximum atomic E-state index is 13.7. The molecule has 0 aliphatic carbocycles. The van der Waals surface area contributed by atoms with E-state index in [9.17, 15) is 26.9 Å². The Morgan fingerprint density at radius 1 is 1.36 bits per heavy atom. The van der Waals surface area contributed by atoms with Gasteiger partial charge in [0.2, 0.25) is 0 Å². The highest BCUT2D eigenvalue weighted by Crippen LogP contribution is 2.37. The molecule has 1 rings (SSSR count). The van der Waals surface area contributed by atoms with Gasteiger partial charge < -0.3 is 9.29 Å². The number of carbonyl (C=O) groups excluding carboxylic acids is 1. The second-order valence-electron chi connectivity index (χ2n) is 6.19. The van der Waals surface area contributed by atoms with E-state index in [-0.39, 0.29) is 5.56 Å². The summed E-state index contributed by atoms with van der Waals surface area (Å²) < 4.78 is 71.3. The molecule has 1 aromatic rings. The molecule has 25 heavy (non-hydrogen) atoms. The van der Waals surface area contributed by atoms with Crippen molar-refractivity contribution in [3.05, 3.63) is 34.1 Å². The van der Waals surface area contributed by atoms with E-state index < -0.39 is 57.1 Å². The van der Waals surface area contributed by atoms with Gasteiger partial charge in [0.05, 0.1) is 30.2 Å². The van der Waals surface area contributed by atoms with E-state index in [0.29, 0.717) is 6.07 Å². The Hall–Kier alpha value is -1.03. The first-order chi connectivity index (χ1) is 11.3. The van der Waals surface area contributed by atoms with Gasteiger partial charge in [-0.15, -0.1) is 4.72 Å². The van der Waals surface area contributed by atoms with Crippen molar-refractivity contribution in [2.75, 3.05) is 7.11 Å². The van der Waals surface area contributed by atoms with Crippen LogP contribution < -0.4 is 4.72 Å². The molecule has 0 fully saturated rings. The number of carbonyl (C=O) groups is 1. The van der Waals surface area contributed by atoms with Crippen molar-refractivity contribution in [3.8, 4) is 0 Å². The SMILES string of the molecule is COC(=O)C[C@H](N[S@+]([O-])C(C)(C)C)c1cc(Cl)c(F)c(C(F)(F)F)c1. The topological polar surface area (TPSA) is 61.4 Å². The quantitative estimate of drug-likeness (QED) is 0.455. The van der Waals surface area contributed by atoms with Gasteiger partial charge in [-0.3, -0.25) is 4.79 Å². The first kappa shape index (κ1) is 22.0. The predicted molar refractivity (Wildman–Crippen MR) is 86.8 cm³/mol. The van der Waals surface area contributed by atoms with Crippen LogP contribution in [0.4, 0.5) is 17.6 Å². The molecule has 10 heteroatoms. The minimum atomic E-state index is -4.97. The molecule has 0 aromatic heterocycles. The second kappa shape index (κ2) is 8.11. The van der Waals surface area contributed by atoms with Crippen LogP contribution >= 0.6 is 11.6 Å². The molecule has 1 N–H and O–H groups in total. The number of hydrogen-bond donors (Lipinski definition) is 1. The summed E-state index contributed by atoms with van der Waals surface area (Å²) in [6.45, 7) is 4.93. The van der Waals surface area contributed by atoms with Gasteiger partial charge in [0.1, 0.15) is 4.75 Å². The van der Waals surface area contributed by atoms with E-state index in [2.05, 4.69) is 9.46 Å². The number of alkyl halides is 3. The van der Waals surface area contributed by atoms with Crippen LogP contribution in [0.15, 0.2) is 12.1 Å². The Morgan fingerprint density at radius 2 is 1.92 bits per heavy atom. The fourth-order valence-corrected chi connectivity index (χ4v) is 2.86. The largest absolute Gasteiger partial charge is 0.598 e. The lowest BCUT2D eigenvalue weighted by Crippen LogP contribution is -2.42. The number of halogens is 5. The molecule has 0 unspecified atom stereocenters. The van der Waals surface area contributed by atoms with Crippen LogP contribution in [0.3, 0.4) is 0 Å². The Balaban J connectivity index is 3.34. The lowest BCUT2D eigenvalue weighted by atomic mass is 10.0. The summed E-state index contributed by atoms with van der Waals surface area (Å²) in [6, 6.07) is 0.403. The number of hydrogen-bond acceptors (Lipinski definition) is 4. The molecule has 2 atom stereocenters. The Labute approximate surface area is 151 Å². The summed E-state index contributed by atoms with van der Waals surface area (Å²) in [7, 11) is 1.11. The van der Waals surface area contributed by atoms with Crippen LogP contribution in [0.5, 0.6) is 0 Å². The fourth-order valence-electron chi connectivity index (χ4n) is 1.80. The number of nitrogens with one attached hydrogen (secondary N) is 1. The lowest BCUT2D eigenvalue weighted by molar-refractivity contribution is -0.141. The maximum absolute atomic E-state index is 13.7. The van der Waals surface area contributed by atoms with Gasteiger partial charge in [0.25, 0.3) is 0 Å². The lowest BCUT2D eigenvalue weighted by Gasteiger charge is -2.28. The van der Waals surface area contributed by atoms with Crippen LogP contribution in [0.25, 0.3) is 0 Å². The van der Waals surface area contributed by atoms with Crippen molar-refractivity contribution in [2.24, 2.45) is 0 Å². The zero-order valence-electron chi connectivity index (χ0n) is 14.0. The molecule has 0 radical (unpaired) electrons. The standard InChI is InChI=1S/C15H18ClF4NO3S/c1-14(2,3)25(23)21-11(7-12(22)24-4)8-5-9(15(18,19)20)13(17)10(16)6-8/h5-6,11,21H,7H2,1-4H3/t11-,25+/m0/s1. The number of esters is 1. The van der Waals surface area contributed by atoms with Crippen LogP contribution in [-0.4, -0.2) is 22.4 Å². The van der Waals surface area contributed by atoms with Gasteiger partial charge in [-0.1, -0.05) is 11.6 Å². The van der Waals surface area contributed by atoms with Crippen molar-refractivity contribution in [3.63, 3.8) is 0 Å². The van der Waals surface area contributed by atoms with Crippen LogP contribution in [0.2, 0.25) is 5.02 Å². The molecule has 0 spiro atoms. The number of rotatable bonds is 5. The Morgan fingerprint density at radius 3 is 2.36 bits per heavy atom. The van der Waals surface area contributed by atoms with Gasteiger partial charge in [0.15, 0.2) is 5.82 Å². The third-order valence-electron chi connectivity index (χ3n) is 3.16. The molecule has 0 aliphatic rings. The summed E-state index contributed by atoms with van der Waals surface area (Å²) in [4.78, 5) is 11.6. The normalized spacial score (nSPS) is 15.0. The van der Waals surface area contributed by atoms with Crippen LogP contribution in [-0.2, 0) is 27.1 Å². The zero-order chi connectivity index (χ0) is 19.6. The van der Waals surface area contributed by atoms with E-state index in [1.54, 1.807) is 20.8 Å². The van der Waals surface area contributed by atoms with Crippen LogP contribution in [0.1, 0.15) is 44.4 Å². The molecule has 4 nitrogen and oxygen atoms in total. The van der Waals surface area contributed by atoms with Gasteiger partial charge in [-0.05, 0) is 38.5 Å². The molecular formula is C15H18ClF4NO3S. The number of benzene rings is 1. The summed E-state index contributed by atoms with van der Waals surface area (Å²) in [5.74, 6) is -2.34. The van der Waals surface area contributed by atoms with E-state index in [0.717, 1.165) is 13.2 Å². The first-order valence-corrected chi connectivity index (χ1v) is 8.61. The third-order valence-corrected chi connectivity index (χ3v) is 5.05. The van der Waals surface area contributed by atoms with Gasteiger partial charge in [-0.25, -0.2) is 4.39 Å². The maximum Gasteiger partial charge on any atom is 0.419 e. The zero-order valence-corrected chi connectivity index (χ0v) is 15.5. The van der Waals surface area contributed by atoms with E-state index in [4.69, 9.17) is 11.6 Å². The average Bonchev–Trinajstić information content (AvgIpc) is 2.46. The van der Waals surface area contributed by atoms with E-state index >= 15 is 0 Å². The third kappa shape index (κ3) is 6.02. The highest BCUT2D eigenvalue weighted by atomic mass is 35.5. The molecule has 0 aliphatic heterocycles. The smallest absolute Gasteiger partial charge is 0.419 e. The summed E-state index contributed by atoms with van der Waals surface area (Å²) in [6.07, 6.45) is -5.37. The highest BCUT2D eigenvalue weighted by molar-refractivity contribution is 7.90. The predicted octanol–water partition coefficient (Wildman–Crippen LogP) is 4.15. The molecule has 0 amide bonds. The van der Waals surface area contributed by atoms with Crippen molar-refractivity contribution in [1.29, 1.82) is 0 Å². The van der Waals surface area contributed by atoms with Gasteiger partial charge in [0, 0.05) is 11.4 Å². The van der Waals surface area contributed by atoms with Crippen molar-refractivity contribution in [1.82, 2.24) is 4.72 Å². The fraction of sp³-hybridized carbons (Fsp3) is 0.533. The summed E-state index contributed by atoms with van der Waals surface area (Å²) >= 11 is 3.87. The average molecular weight is 404 g/mol. The molecule has 0 saturated carbocycles. The molecule has 0 saturated heterocycles. The second-order valence-corrected chi connectivity index (χ2v) is 8.60. The van der Waals surface area contributed by atoms with Crippen molar-refractivity contribution in [2.45, 2.75) is 44.2 Å². The molecule has 142 valence electrons. The van der Waals surface area contributed by atoms with E-state index in [1.807, 2.05) is 0 Å². The van der Waals surface area contributed by atoms with E-state index in [1.165, 1.54) is 0 Å². The molecule has 0 bridgehead atoms.